The maximum Gasteiger partial charge on any atom is 0.219 e. The van der Waals surface area contributed by atoms with E-state index in [9.17, 15) is 4.79 Å². The number of nitrogens with one attached hydrogen (secondary N) is 1. The molecule has 0 aliphatic carbocycles. The first kappa shape index (κ1) is 11.1. The predicted molar refractivity (Wildman–Crippen MR) is 60.9 cm³/mol. The van der Waals surface area contributed by atoms with Crippen LogP contribution < -0.4 is 11.1 Å². The number of carbonyl (C=O) groups is 1. The van der Waals surface area contributed by atoms with Crippen molar-refractivity contribution in [2.24, 2.45) is 5.73 Å². The van der Waals surface area contributed by atoms with Gasteiger partial charge in [0, 0.05) is 30.8 Å². The molecule has 5 heteroatoms. The van der Waals surface area contributed by atoms with Crippen LogP contribution in [0.1, 0.15) is 30.9 Å². The summed E-state index contributed by atoms with van der Waals surface area (Å²) in [7, 11) is 0. The van der Waals surface area contributed by atoms with Crippen molar-refractivity contribution in [3.63, 3.8) is 0 Å². The second-order valence-corrected chi connectivity index (χ2v) is 4.25. The summed E-state index contributed by atoms with van der Waals surface area (Å²) >= 11 is 0. The van der Waals surface area contributed by atoms with Crippen molar-refractivity contribution in [3.8, 4) is 0 Å². The van der Waals surface area contributed by atoms with Crippen LogP contribution in [0.25, 0.3) is 0 Å². The minimum atomic E-state index is -0.259. The highest BCUT2D eigenvalue weighted by atomic mass is 16.1. The molecule has 1 aliphatic heterocycles. The average molecular weight is 222 g/mol. The van der Waals surface area contributed by atoms with Crippen molar-refractivity contribution >= 4 is 5.91 Å². The molecule has 0 spiro atoms. The van der Waals surface area contributed by atoms with E-state index in [1.165, 1.54) is 5.69 Å². The van der Waals surface area contributed by atoms with Gasteiger partial charge in [0.05, 0.1) is 6.33 Å². The second kappa shape index (κ2) is 5.12. The van der Waals surface area contributed by atoms with Crippen LogP contribution in [0.4, 0.5) is 0 Å². The number of amides is 1. The predicted octanol–water partition coefficient (Wildman–Crippen LogP) is 0.225. The Bertz CT molecular complexity index is 355. The van der Waals surface area contributed by atoms with E-state index in [4.69, 9.17) is 5.73 Å². The molecule has 0 atom stereocenters. The van der Waals surface area contributed by atoms with Crippen molar-refractivity contribution in [2.45, 2.75) is 31.7 Å². The minimum absolute atomic E-state index is 0.259. The highest BCUT2D eigenvalue weighted by Crippen LogP contribution is 2.24. The Labute approximate surface area is 95.0 Å². The molecule has 1 aliphatic rings. The Hall–Kier alpha value is -1.36. The fourth-order valence-corrected chi connectivity index (χ4v) is 2.21. The fraction of sp³-hybridized carbons (Fsp3) is 0.636. The van der Waals surface area contributed by atoms with E-state index in [0.717, 1.165) is 25.9 Å². The molecule has 2 heterocycles. The molecular formula is C11H18N4O. The van der Waals surface area contributed by atoms with Crippen LogP contribution >= 0.6 is 0 Å². The van der Waals surface area contributed by atoms with E-state index in [-0.39, 0.29) is 5.91 Å². The normalized spacial score (nSPS) is 17.5. The number of aromatic nitrogens is 2. The monoisotopic (exact) mass is 222 g/mol. The standard InChI is InChI=1S/C11H18N4O/c12-11(16)3-6-15-8-14-7-10(15)9-1-4-13-5-2-9/h7-9,13H,1-6H2,(H2,12,16). The molecule has 2 rings (SSSR count). The van der Waals surface area contributed by atoms with Gasteiger partial charge in [-0.1, -0.05) is 0 Å². The van der Waals surface area contributed by atoms with Gasteiger partial charge in [-0.2, -0.15) is 0 Å². The Kier molecular flexibility index (Phi) is 3.56. The number of hydrogen-bond acceptors (Lipinski definition) is 3. The van der Waals surface area contributed by atoms with E-state index < -0.39 is 0 Å². The zero-order valence-corrected chi connectivity index (χ0v) is 9.35. The molecule has 3 N–H and O–H groups in total. The number of rotatable bonds is 4. The smallest absolute Gasteiger partial charge is 0.219 e. The maximum atomic E-state index is 10.8. The summed E-state index contributed by atoms with van der Waals surface area (Å²) in [4.78, 5) is 14.9. The van der Waals surface area contributed by atoms with Gasteiger partial charge in [-0.05, 0) is 25.9 Å². The third-order valence-corrected chi connectivity index (χ3v) is 3.10. The lowest BCUT2D eigenvalue weighted by atomic mass is 9.95. The number of aryl methyl sites for hydroxylation is 1. The van der Waals surface area contributed by atoms with Crippen molar-refractivity contribution < 1.29 is 4.79 Å². The lowest BCUT2D eigenvalue weighted by molar-refractivity contribution is -0.118. The number of carbonyl (C=O) groups excluding carboxylic acids is 1. The van der Waals surface area contributed by atoms with Gasteiger partial charge in [0.2, 0.25) is 5.91 Å². The topological polar surface area (TPSA) is 72.9 Å². The first-order valence-electron chi connectivity index (χ1n) is 5.76. The van der Waals surface area contributed by atoms with Crippen molar-refractivity contribution in [1.82, 2.24) is 14.9 Å². The fourth-order valence-electron chi connectivity index (χ4n) is 2.21. The van der Waals surface area contributed by atoms with E-state index in [0.29, 0.717) is 18.9 Å². The van der Waals surface area contributed by atoms with Gasteiger partial charge in [0.25, 0.3) is 0 Å². The molecule has 1 aromatic rings. The molecule has 16 heavy (non-hydrogen) atoms. The number of hydrogen-bond donors (Lipinski definition) is 2. The lowest BCUT2D eigenvalue weighted by Crippen LogP contribution is -2.27. The molecular weight excluding hydrogens is 204 g/mol. The Balaban J connectivity index is 2.02. The number of imidazole rings is 1. The van der Waals surface area contributed by atoms with Crippen LogP contribution in [0.5, 0.6) is 0 Å². The zero-order chi connectivity index (χ0) is 11.4. The highest BCUT2D eigenvalue weighted by Gasteiger charge is 2.18. The van der Waals surface area contributed by atoms with E-state index in [1.54, 1.807) is 6.33 Å². The first-order valence-corrected chi connectivity index (χ1v) is 5.76. The Morgan fingerprint density at radius 2 is 2.31 bits per heavy atom. The van der Waals surface area contributed by atoms with E-state index in [1.807, 2.05) is 6.20 Å². The molecule has 1 amide bonds. The summed E-state index contributed by atoms with van der Waals surface area (Å²) in [6, 6.07) is 0. The molecule has 1 aromatic heterocycles. The average Bonchev–Trinajstić information content (AvgIpc) is 2.75. The van der Waals surface area contributed by atoms with E-state index >= 15 is 0 Å². The summed E-state index contributed by atoms with van der Waals surface area (Å²) in [5.41, 5.74) is 6.39. The van der Waals surface area contributed by atoms with Crippen LogP contribution in [0, 0.1) is 0 Å². The lowest BCUT2D eigenvalue weighted by Gasteiger charge is -2.23. The molecule has 1 saturated heterocycles. The highest BCUT2D eigenvalue weighted by molar-refractivity contribution is 5.73. The summed E-state index contributed by atoms with van der Waals surface area (Å²) in [5.74, 6) is 0.307. The maximum absolute atomic E-state index is 10.8. The van der Waals surface area contributed by atoms with E-state index in [2.05, 4.69) is 14.9 Å². The van der Waals surface area contributed by atoms with Crippen LogP contribution in [-0.2, 0) is 11.3 Å². The number of piperidine rings is 1. The van der Waals surface area contributed by atoms with Crippen LogP contribution in [-0.4, -0.2) is 28.5 Å². The van der Waals surface area contributed by atoms with Crippen LogP contribution in [0.2, 0.25) is 0 Å². The Morgan fingerprint density at radius 3 is 3.00 bits per heavy atom. The molecule has 0 radical (unpaired) electrons. The molecule has 5 nitrogen and oxygen atoms in total. The Morgan fingerprint density at radius 1 is 1.56 bits per heavy atom. The minimum Gasteiger partial charge on any atom is -0.370 e. The van der Waals surface area contributed by atoms with Crippen molar-refractivity contribution in [1.29, 1.82) is 0 Å². The summed E-state index contributed by atoms with van der Waals surface area (Å²) in [6.07, 6.45) is 6.37. The largest absolute Gasteiger partial charge is 0.370 e. The number of primary amides is 1. The molecule has 0 bridgehead atoms. The van der Waals surface area contributed by atoms with Crippen LogP contribution in [0.3, 0.4) is 0 Å². The SMILES string of the molecule is NC(=O)CCn1cncc1C1CCNCC1. The molecule has 88 valence electrons. The van der Waals surface area contributed by atoms with Crippen LogP contribution in [0.15, 0.2) is 12.5 Å². The molecule has 0 unspecified atom stereocenters. The van der Waals surface area contributed by atoms with Gasteiger partial charge in [0.15, 0.2) is 0 Å². The van der Waals surface area contributed by atoms with Gasteiger partial charge in [-0.15, -0.1) is 0 Å². The summed E-state index contributed by atoms with van der Waals surface area (Å²) in [5, 5.41) is 3.34. The zero-order valence-electron chi connectivity index (χ0n) is 9.35. The number of nitrogens with two attached hydrogens (primary N) is 1. The third-order valence-electron chi connectivity index (χ3n) is 3.10. The molecule has 0 aromatic carbocycles. The molecule has 1 fully saturated rings. The van der Waals surface area contributed by atoms with Gasteiger partial charge in [0.1, 0.15) is 0 Å². The quantitative estimate of drug-likeness (QED) is 0.765. The van der Waals surface area contributed by atoms with Crippen molar-refractivity contribution in [3.05, 3.63) is 18.2 Å². The molecule has 0 saturated carbocycles. The first-order chi connectivity index (χ1) is 7.77. The van der Waals surface area contributed by atoms with Gasteiger partial charge in [-0.25, -0.2) is 4.98 Å². The summed E-state index contributed by atoms with van der Waals surface area (Å²) in [6.45, 7) is 2.77. The third kappa shape index (κ3) is 2.61. The number of nitrogens with zero attached hydrogens (tertiary/aromatic N) is 2. The summed E-state index contributed by atoms with van der Waals surface area (Å²) < 4.78 is 2.06. The van der Waals surface area contributed by atoms with Gasteiger partial charge < -0.3 is 15.6 Å². The van der Waals surface area contributed by atoms with Gasteiger partial charge in [-0.3, -0.25) is 4.79 Å². The second-order valence-electron chi connectivity index (χ2n) is 4.25. The van der Waals surface area contributed by atoms with Crippen molar-refractivity contribution in [2.75, 3.05) is 13.1 Å². The van der Waals surface area contributed by atoms with Gasteiger partial charge >= 0.3 is 0 Å².